The number of nitrogens with zero attached hydrogens (tertiary/aromatic N) is 1. The number of benzene rings is 2. The molecule has 0 saturated heterocycles. The summed E-state index contributed by atoms with van der Waals surface area (Å²) in [6.45, 7) is 0.572. The van der Waals surface area contributed by atoms with E-state index in [0.29, 0.717) is 6.54 Å². The smallest absolute Gasteiger partial charge is 0.293 e. The summed E-state index contributed by atoms with van der Waals surface area (Å²) in [7, 11) is -3.52. The van der Waals surface area contributed by atoms with Crippen LogP contribution in [0, 0.1) is 0 Å². The molecule has 1 aromatic heterocycles. The zero-order chi connectivity index (χ0) is 19.0. The van der Waals surface area contributed by atoms with Crippen LogP contribution in [-0.4, -0.2) is 20.9 Å². The number of carbonyl (C=O) groups excluding carboxylic acids is 1. The molecule has 1 amide bonds. The molecule has 0 fully saturated rings. The number of furan rings is 1. The third-order valence-electron chi connectivity index (χ3n) is 4.49. The highest BCUT2D eigenvalue weighted by atomic mass is 79.9. The Balaban J connectivity index is 1.55. The molecule has 1 aliphatic rings. The molecule has 2 heterocycles. The van der Waals surface area contributed by atoms with E-state index in [4.69, 9.17) is 4.42 Å². The SMILES string of the molecule is O=C(c1ccc(CS(=O)(=O)c2ccccc2)o1)N1CCc2cc(Br)ccc21. The predicted octanol–water partition coefficient (Wildman–Crippen LogP) is 4.22. The first-order valence-electron chi connectivity index (χ1n) is 8.41. The van der Waals surface area contributed by atoms with Crippen molar-refractivity contribution in [2.45, 2.75) is 17.1 Å². The first-order valence-corrected chi connectivity index (χ1v) is 10.9. The van der Waals surface area contributed by atoms with Crippen LogP contribution in [0.25, 0.3) is 0 Å². The van der Waals surface area contributed by atoms with Crippen molar-refractivity contribution in [1.82, 2.24) is 0 Å². The van der Waals surface area contributed by atoms with Crippen LogP contribution < -0.4 is 4.90 Å². The first kappa shape index (κ1) is 18.0. The minimum absolute atomic E-state index is 0.143. The third kappa shape index (κ3) is 3.57. The molecule has 1 aliphatic heterocycles. The molecule has 0 unspecified atom stereocenters. The maximum Gasteiger partial charge on any atom is 0.293 e. The number of hydrogen-bond acceptors (Lipinski definition) is 4. The summed E-state index contributed by atoms with van der Waals surface area (Å²) in [5.41, 5.74) is 1.95. The van der Waals surface area contributed by atoms with E-state index in [-0.39, 0.29) is 28.1 Å². The van der Waals surface area contributed by atoms with Gasteiger partial charge in [0.25, 0.3) is 5.91 Å². The molecule has 0 spiro atoms. The highest BCUT2D eigenvalue weighted by Crippen LogP contribution is 2.32. The summed E-state index contributed by atoms with van der Waals surface area (Å²) in [5, 5.41) is 0. The fourth-order valence-corrected chi connectivity index (χ4v) is 4.86. The number of fused-ring (bicyclic) bond motifs is 1. The van der Waals surface area contributed by atoms with Crippen molar-refractivity contribution in [1.29, 1.82) is 0 Å². The van der Waals surface area contributed by atoms with E-state index >= 15 is 0 Å². The Labute approximate surface area is 165 Å². The van der Waals surface area contributed by atoms with Gasteiger partial charge in [0.1, 0.15) is 11.5 Å². The lowest BCUT2D eigenvalue weighted by Crippen LogP contribution is -2.28. The van der Waals surface area contributed by atoms with Crippen LogP contribution >= 0.6 is 15.9 Å². The Morgan fingerprint density at radius 2 is 1.85 bits per heavy atom. The topological polar surface area (TPSA) is 67.6 Å². The van der Waals surface area contributed by atoms with Gasteiger partial charge in [0.2, 0.25) is 0 Å². The molecule has 2 aromatic carbocycles. The van der Waals surface area contributed by atoms with Crippen molar-refractivity contribution in [3.05, 3.63) is 82.2 Å². The molecule has 3 aromatic rings. The molecule has 0 bridgehead atoms. The Morgan fingerprint density at radius 3 is 2.63 bits per heavy atom. The van der Waals surface area contributed by atoms with E-state index in [1.54, 1.807) is 41.3 Å². The van der Waals surface area contributed by atoms with E-state index < -0.39 is 9.84 Å². The highest BCUT2D eigenvalue weighted by molar-refractivity contribution is 9.10. The fraction of sp³-hybridized carbons (Fsp3) is 0.150. The molecular formula is C20H16BrNO4S. The van der Waals surface area contributed by atoms with Gasteiger partial charge in [0.05, 0.1) is 4.90 Å². The second-order valence-electron chi connectivity index (χ2n) is 6.32. The van der Waals surface area contributed by atoms with E-state index in [9.17, 15) is 13.2 Å². The molecule has 0 saturated carbocycles. The summed E-state index contributed by atoms with van der Waals surface area (Å²) in [6.07, 6.45) is 0.774. The van der Waals surface area contributed by atoms with E-state index in [2.05, 4.69) is 15.9 Å². The lowest BCUT2D eigenvalue weighted by atomic mass is 10.2. The van der Waals surface area contributed by atoms with Crippen molar-refractivity contribution in [3.8, 4) is 0 Å². The predicted molar refractivity (Wildman–Crippen MR) is 106 cm³/mol. The largest absolute Gasteiger partial charge is 0.455 e. The summed E-state index contributed by atoms with van der Waals surface area (Å²) >= 11 is 3.44. The van der Waals surface area contributed by atoms with Gasteiger partial charge in [0.15, 0.2) is 15.6 Å². The van der Waals surface area contributed by atoms with E-state index in [1.807, 2.05) is 18.2 Å². The molecule has 5 nitrogen and oxygen atoms in total. The summed E-state index contributed by atoms with van der Waals surface area (Å²) in [5.74, 6) is -0.158. The van der Waals surface area contributed by atoms with Crippen molar-refractivity contribution in [3.63, 3.8) is 0 Å². The van der Waals surface area contributed by atoms with E-state index in [0.717, 1.165) is 22.1 Å². The zero-order valence-electron chi connectivity index (χ0n) is 14.3. The average Bonchev–Trinajstić information content (AvgIpc) is 3.28. The first-order chi connectivity index (χ1) is 12.9. The maximum absolute atomic E-state index is 12.8. The Kier molecular flexibility index (Phi) is 4.65. The maximum atomic E-state index is 12.8. The van der Waals surface area contributed by atoms with Gasteiger partial charge in [-0.15, -0.1) is 0 Å². The number of anilines is 1. The Morgan fingerprint density at radius 1 is 1.07 bits per heavy atom. The van der Waals surface area contributed by atoms with Crippen LogP contribution in [0.4, 0.5) is 5.69 Å². The molecule has 4 rings (SSSR count). The number of hydrogen-bond donors (Lipinski definition) is 0. The minimum Gasteiger partial charge on any atom is -0.455 e. The average molecular weight is 446 g/mol. The monoisotopic (exact) mass is 445 g/mol. The van der Waals surface area contributed by atoms with Crippen molar-refractivity contribution in [2.24, 2.45) is 0 Å². The van der Waals surface area contributed by atoms with Crippen molar-refractivity contribution < 1.29 is 17.6 Å². The molecule has 0 atom stereocenters. The summed E-state index contributed by atoms with van der Waals surface area (Å²) in [4.78, 5) is 14.7. The van der Waals surface area contributed by atoms with Gasteiger partial charge in [-0.25, -0.2) is 8.42 Å². The number of carbonyl (C=O) groups is 1. The van der Waals surface area contributed by atoms with Gasteiger partial charge in [-0.1, -0.05) is 34.1 Å². The van der Waals surface area contributed by atoms with Crippen molar-refractivity contribution >= 4 is 37.4 Å². The summed E-state index contributed by atoms with van der Waals surface area (Å²) < 4.78 is 31.5. The molecule has 0 radical (unpaired) electrons. The molecule has 7 heteroatoms. The molecule has 138 valence electrons. The van der Waals surface area contributed by atoms with Crippen LogP contribution in [0.5, 0.6) is 0 Å². The number of sulfone groups is 1. The van der Waals surface area contributed by atoms with Gasteiger partial charge in [-0.05, 0) is 54.4 Å². The van der Waals surface area contributed by atoms with Crippen LogP contribution in [-0.2, 0) is 22.0 Å². The van der Waals surface area contributed by atoms with Crippen LogP contribution in [0.1, 0.15) is 21.9 Å². The molecule has 0 aliphatic carbocycles. The van der Waals surface area contributed by atoms with Crippen LogP contribution in [0.2, 0.25) is 0 Å². The highest BCUT2D eigenvalue weighted by Gasteiger charge is 2.28. The second kappa shape index (κ2) is 6.98. The van der Waals surface area contributed by atoms with Gasteiger partial charge in [-0.2, -0.15) is 0 Å². The van der Waals surface area contributed by atoms with Crippen LogP contribution in [0.15, 0.2) is 74.4 Å². The van der Waals surface area contributed by atoms with Gasteiger partial charge in [0, 0.05) is 16.7 Å². The zero-order valence-corrected chi connectivity index (χ0v) is 16.7. The molecular weight excluding hydrogens is 430 g/mol. The van der Waals surface area contributed by atoms with Crippen LogP contribution in [0.3, 0.4) is 0 Å². The third-order valence-corrected chi connectivity index (χ3v) is 6.64. The Hall–Kier alpha value is -2.38. The number of halogens is 1. The lowest BCUT2D eigenvalue weighted by molar-refractivity contribution is 0.0961. The Bertz CT molecular complexity index is 1110. The van der Waals surface area contributed by atoms with Crippen molar-refractivity contribution in [2.75, 3.05) is 11.4 Å². The van der Waals surface area contributed by atoms with Gasteiger partial charge in [-0.3, -0.25) is 4.79 Å². The molecule has 27 heavy (non-hydrogen) atoms. The standard InChI is InChI=1S/C20H16BrNO4S/c21-15-6-8-18-14(12-15)10-11-22(18)20(23)19-9-7-16(26-19)13-27(24,25)17-4-2-1-3-5-17/h1-9,12H,10-11,13H2. The van der Waals surface area contributed by atoms with Gasteiger partial charge < -0.3 is 9.32 Å². The number of rotatable bonds is 4. The number of amides is 1. The fourth-order valence-electron chi connectivity index (χ4n) is 3.18. The summed E-state index contributed by atoms with van der Waals surface area (Å²) in [6, 6.07) is 17.1. The quantitative estimate of drug-likeness (QED) is 0.602. The normalized spacial score (nSPS) is 13.6. The molecule has 0 N–H and O–H groups in total. The van der Waals surface area contributed by atoms with E-state index in [1.165, 1.54) is 6.07 Å². The second-order valence-corrected chi connectivity index (χ2v) is 9.22. The minimum atomic E-state index is -3.52. The van der Waals surface area contributed by atoms with Gasteiger partial charge >= 0.3 is 0 Å². The lowest BCUT2D eigenvalue weighted by Gasteiger charge is -2.15.